The summed E-state index contributed by atoms with van der Waals surface area (Å²) in [6, 6.07) is 11.2. The molecule has 21 heavy (non-hydrogen) atoms. The van der Waals surface area contributed by atoms with E-state index < -0.39 is 11.6 Å². The fraction of sp³-hybridized carbons (Fsp3) is 0.188. The lowest BCUT2D eigenvalue weighted by molar-refractivity contribution is 0.469. The summed E-state index contributed by atoms with van der Waals surface area (Å²) >= 11 is 0. The van der Waals surface area contributed by atoms with Gasteiger partial charge < -0.3 is 9.88 Å². The molecule has 2 heterocycles. The van der Waals surface area contributed by atoms with E-state index in [1.54, 1.807) is 0 Å². The zero-order valence-corrected chi connectivity index (χ0v) is 11.2. The van der Waals surface area contributed by atoms with Gasteiger partial charge in [0.15, 0.2) is 0 Å². The highest BCUT2D eigenvalue weighted by molar-refractivity contribution is 5.79. The van der Waals surface area contributed by atoms with E-state index >= 15 is 0 Å². The Morgan fingerprint density at radius 1 is 1.05 bits per heavy atom. The molecule has 0 spiro atoms. The monoisotopic (exact) mass is 285 g/mol. The van der Waals surface area contributed by atoms with Crippen molar-refractivity contribution in [3.63, 3.8) is 0 Å². The van der Waals surface area contributed by atoms with Gasteiger partial charge in [-0.05, 0) is 30.7 Å². The number of aromatic nitrogens is 2. The quantitative estimate of drug-likeness (QED) is 0.738. The Labute approximate surface area is 120 Å². The van der Waals surface area contributed by atoms with Crippen LogP contribution in [0, 0.1) is 11.6 Å². The highest BCUT2D eigenvalue weighted by Gasteiger charge is 2.28. The van der Waals surface area contributed by atoms with E-state index in [1.165, 1.54) is 18.2 Å². The Morgan fingerprint density at radius 3 is 2.62 bits per heavy atom. The number of hydrogen-bond donors (Lipinski definition) is 1. The number of halogens is 2. The van der Waals surface area contributed by atoms with Crippen molar-refractivity contribution in [2.45, 2.75) is 12.5 Å². The van der Waals surface area contributed by atoms with Crippen LogP contribution in [0.1, 0.15) is 18.0 Å². The second kappa shape index (κ2) is 4.55. The third-order valence-corrected chi connectivity index (χ3v) is 3.94. The number of benzene rings is 2. The van der Waals surface area contributed by atoms with Gasteiger partial charge in [0.1, 0.15) is 11.6 Å². The van der Waals surface area contributed by atoms with Crippen molar-refractivity contribution < 1.29 is 8.78 Å². The van der Waals surface area contributed by atoms with Crippen LogP contribution in [0.15, 0.2) is 42.5 Å². The molecule has 0 fully saturated rings. The van der Waals surface area contributed by atoms with E-state index in [9.17, 15) is 8.78 Å². The molecule has 1 atom stereocenters. The summed E-state index contributed by atoms with van der Waals surface area (Å²) in [4.78, 5) is 4.50. The number of anilines is 1. The van der Waals surface area contributed by atoms with Crippen LogP contribution >= 0.6 is 0 Å². The average Bonchev–Trinajstić information content (AvgIpc) is 2.86. The minimum atomic E-state index is -0.509. The van der Waals surface area contributed by atoms with Gasteiger partial charge in [-0.25, -0.2) is 13.8 Å². The van der Waals surface area contributed by atoms with Crippen LogP contribution < -0.4 is 5.32 Å². The first-order valence-corrected chi connectivity index (χ1v) is 6.90. The molecule has 1 unspecified atom stereocenters. The zero-order valence-electron chi connectivity index (χ0n) is 11.2. The van der Waals surface area contributed by atoms with Gasteiger partial charge in [-0.1, -0.05) is 18.2 Å². The molecule has 1 N–H and O–H groups in total. The van der Waals surface area contributed by atoms with Crippen molar-refractivity contribution in [2.24, 2.45) is 0 Å². The minimum absolute atomic E-state index is 0.114. The number of rotatable bonds is 1. The molecule has 1 aliphatic rings. The fourth-order valence-corrected chi connectivity index (χ4v) is 3.04. The SMILES string of the molecule is Fc1cccc(F)c1C1CCNc2nc3ccccc3n21. The number of fused-ring (bicyclic) bond motifs is 3. The lowest BCUT2D eigenvalue weighted by atomic mass is 10.0. The highest BCUT2D eigenvalue weighted by atomic mass is 19.1. The molecule has 0 saturated carbocycles. The predicted octanol–water partition coefficient (Wildman–Crippen LogP) is 3.72. The Bertz CT molecular complexity index is 805. The van der Waals surface area contributed by atoms with Gasteiger partial charge in [0.05, 0.1) is 17.1 Å². The lowest BCUT2D eigenvalue weighted by Gasteiger charge is -2.27. The van der Waals surface area contributed by atoms with Crippen LogP contribution in [-0.4, -0.2) is 16.1 Å². The molecule has 2 aromatic carbocycles. The van der Waals surface area contributed by atoms with Crippen molar-refractivity contribution in [1.29, 1.82) is 0 Å². The summed E-state index contributed by atoms with van der Waals surface area (Å²) in [5, 5.41) is 3.20. The molecule has 5 heteroatoms. The lowest BCUT2D eigenvalue weighted by Crippen LogP contribution is -2.25. The molecule has 1 aromatic heterocycles. The molecule has 0 amide bonds. The molecule has 1 aliphatic heterocycles. The predicted molar refractivity (Wildman–Crippen MR) is 77.3 cm³/mol. The van der Waals surface area contributed by atoms with Gasteiger partial charge in [0.25, 0.3) is 0 Å². The second-order valence-corrected chi connectivity index (χ2v) is 5.16. The molecule has 3 nitrogen and oxygen atoms in total. The van der Waals surface area contributed by atoms with E-state index in [-0.39, 0.29) is 11.6 Å². The van der Waals surface area contributed by atoms with Crippen LogP contribution in [0.25, 0.3) is 11.0 Å². The first-order valence-electron chi connectivity index (χ1n) is 6.90. The molecule has 3 aromatic rings. The fourth-order valence-electron chi connectivity index (χ4n) is 3.04. The molecule has 0 aliphatic carbocycles. The number of para-hydroxylation sites is 2. The van der Waals surface area contributed by atoms with Gasteiger partial charge >= 0.3 is 0 Å². The molecular formula is C16H13F2N3. The van der Waals surface area contributed by atoms with Crippen molar-refractivity contribution in [3.8, 4) is 0 Å². The van der Waals surface area contributed by atoms with Crippen molar-refractivity contribution in [3.05, 3.63) is 59.7 Å². The van der Waals surface area contributed by atoms with Gasteiger partial charge in [-0.3, -0.25) is 0 Å². The third kappa shape index (κ3) is 1.81. The van der Waals surface area contributed by atoms with Crippen LogP contribution in [0.2, 0.25) is 0 Å². The Hall–Kier alpha value is -2.43. The molecule has 0 saturated heterocycles. The molecule has 4 rings (SSSR count). The van der Waals surface area contributed by atoms with Gasteiger partial charge in [-0.2, -0.15) is 0 Å². The summed E-state index contributed by atoms with van der Waals surface area (Å²) in [6.45, 7) is 0.641. The largest absolute Gasteiger partial charge is 0.356 e. The minimum Gasteiger partial charge on any atom is -0.356 e. The van der Waals surface area contributed by atoms with Crippen molar-refractivity contribution in [1.82, 2.24) is 9.55 Å². The van der Waals surface area contributed by atoms with Crippen molar-refractivity contribution >= 4 is 17.0 Å². The normalized spacial score (nSPS) is 17.5. The maximum absolute atomic E-state index is 14.1. The number of imidazole rings is 1. The second-order valence-electron chi connectivity index (χ2n) is 5.16. The van der Waals surface area contributed by atoms with E-state index in [0.717, 1.165) is 11.0 Å². The van der Waals surface area contributed by atoms with Crippen LogP contribution in [0.3, 0.4) is 0 Å². The Balaban J connectivity index is 1.98. The maximum atomic E-state index is 14.1. The number of nitrogens with zero attached hydrogens (tertiary/aromatic N) is 2. The number of nitrogens with one attached hydrogen (secondary N) is 1. The summed E-state index contributed by atoms with van der Waals surface area (Å²) in [7, 11) is 0. The first kappa shape index (κ1) is 12.3. The molecule has 0 radical (unpaired) electrons. The van der Waals surface area contributed by atoms with Crippen LogP contribution in [0.5, 0.6) is 0 Å². The summed E-state index contributed by atoms with van der Waals surface area (Å²) in [5.74, 6) is -0.355. The average molecular weight is 285 g/mol. The van der Waals surface area contributed by atoms with E-state index in [1.807, 2.05) is 28.8 Å². The summed E-state index contributed by atoms with van der Waals surface area (Å²) in [5.41, 5.74) is 1.82. The highest BCUT2D eigenvalue weighted by Crippen LogP contribution is 2.35. The molecule has 0 bridgehead atoms. The smallest absolute Gasteiger partial charge is 0.204 e. The first-order chi connectivity index (χ1) is 10.3. The van der Waals surface area contributed by atoms with E-state index in [4.69, 9.17) is 0 Å². The number of hydrogen-bond acceptors (Lipinski definition) is 2. The summed E-state index contributed by atoms with van der Waals surface area (Å²) in [6.07, 6.45) is 0.616. The molecular weight excluding hydrogens is 272 g/mol. The maximum Gasteiger partial charge on any atom is 0.204 e. The standard InChI is InChI=1S/C16H13F2N3/c17-10-4-3-5-11(18)15(10)14-8-9-19-16-20-12-6-1-2-7-13(12)21(14)16/h1-7,14H,8-9H2,(H,19,20). The van der Waals surface area contributed by atoms with Crippen LogP contribution in [0.4, 0.5) is 14.7 Å². The van der Waals surface area contributed by atoms with E-state index in [2.05, 4.69) is 10.3 Å². The summed E-state index contributed by atoms with van der Waals surface area (Å²) < 4.78 is 30.2. The Kier molecular flexibility index (Phi) is 2.67. The van der Waals surface area contributed by atoms with Crippen molar-refractivity contribution in [2.75, 3.05) is 11.9 Å². The van der Waals surface area contributed by atoms with E-state index in [0.29, 0.717) is 18.9 Å². The van der Waals surface area contributed by atoms with Gasteiger partial charge in [0, 0.05) is 12.1 Å². The third-order valence-electron chi connectivity index (χ3n) is 3.94. The van der Waals surface area contributed by atoms with Gasteiger partial charge in [0.2, 0.25) is 5.95 Å². The van der Waals surface area contributed by atoms with Crippen LogP contribution in [-0.2, 0) is 0 Å². The zero-order chi connectivity index (χ0) is 14.4. The topological polar surface area (TPSA) is 29.9 Å². The molecule has 106 valence electrons. The Morgan fingerprint density at radius 2 is 1.81 bits per heavy atom. The van der Waals surface area contributed by atoms with Gasteiger partial charge in [-0.15, -0.1) is 0 Å².